The highest BCUT2D eigenvalue weighted by Crippen LogP contribution is 2.28. The SMILES string of the molecule is CCC(c1ccc(F)cc1F)N1CCN(C(=O)[C@@H](N)C(C)C)CC1. The van der Waals surface area contributed by atoms with Crippen LogP contribution in [0.25, 0.3) is 0 Å². The molecule has 0 radical (unpaired) electrons. The predicted octanol–water partition coefficient (Wildman–Crippen LogP) is 2.54. The lowest BCUT2D eigenvalue weighted by Gasteiger charge is -2.40. The normalized spacial score (nSPS) is 18.7. The van der Waals surface area contributed by atoms with Gasteiger partial charge < -0.3 is 10.6 Å². The summed E-state index contributed by atoms with van der Waals surface area (Å²) in [6.45, 7) is 8.33. The summed E-state index contributed by atoms with van der Waals surface area (Å²) in [6, 6.07) is 3.15. The molecule has 4 nitrogen and oxygen atoms in total. The second-order valence-electron chi connectivity index (χ2n) is 6.72. The van der Waals surface area contributed by atoms with Crippen LogP contribution < -0.4 is 5.73 Å². The number of hydrogen-bond donors (Lipinski definition) is 1. The van der Waals surface area contributed by atoms with E-state index in [9.17, 15) is 13.6 Å². The lowest BCUT2D eigenvalue weighted by atomic mass is 10.0. The van der Waals surface area contributed by atoms with E-state index in [1.807, 2.05) is 20.8 Å². The van der Waals surface area contributed by atoms with Crippen molar-refractivity contribution in [3.05, 3.63) is 35.4 Å². The number of amides is 1. The van der Waals surface area contributed by atoms with E-state index in [4.69, 9.17) is 5.73 Å². The molecule has 0 bridgehead atoms. The fraction of sp³-hybridized carbons (Fsp3) is 0.611. The number of halogens is 2. The summed E-state index contributed by atoms with van der Waals surface area (Å²) in [5.74, 6) is -0.996. The Kier molecular flexibility index (Phi) is 6.29. The van der Waals surface area contributed by atoms with Crippen molar-refractivity contribution in [2.75, 3.05) is 26.2 Å². The van der Waals surface area contributed by atoms with E-state index in [1.54, 1.807) is 4.90 Å². The Morgan fingerprint density at radius 3 is 2.33 bits per heavy atom. The Hall–Kier alpha value is -1.53. The summed E-state index contributed by atoms with van der Waals surface area (Å²) in [5.41, 5.74) is 6.46. The molecule has 6 heteroatoms. The van der Waals surface area contributed by atoms with Crippen LogP contribution in [0.4, 0.5) is 8.78 Å². The van der Waals surface area contributed by atoms with Crippen LogP contribution in [0.5, 0.6) is 0 Å². The molecule has 2 atom stereocenters. The first-order chi connectivity index (χ1) is 11.3. The average Bonchev–Trinajstić information content (AvgIpc) is 2.56. The standard InChI is InChI=1S/C18H27F2N3O/c1-4-16(14-6-5-13(19)11-15(14)20)22-7-9-23(10-8-22)18(24)17(21)12(2)3/h5-6,11-12,16-17H,4,7-10,21H2,1-3H3/t16?,17-/m0/s1. The molecule has 1 aliphatic heterocycles. The van der Waals surface area contributed by atoms with Crippen molar-refractivity contribution < 1.29 is 13.6 Å². The van der Waals surface area contributed by atoms with Gasteiger partial charge in [-0.1, -0.05) is 26.8 Å². The van der Waals surface area contributed by atoms with Crippen molar-refractivity contribution >= 4 is 5.91 Å². The zero-order valence-corrected chi connectivity index (χ0v) is 14.6. The third kappa shape index (κ3) is 4.11. The zero-order chi connectivity index (χ0) is 17.9. The third-order valence-corrected chi connectivity index (χ3v) is 4.78. The molecule has 1 unspecified atom stereocenters. The molecule has 1 aliphatic rings. The van der Waals surface area contributed by atoms with Crippen molar-refractivity contribution in [3.63, 3.8) is 0 Å². The molecule has 0 saturated carbocycles. The topological polar surface area (TPSA) is 49.6 Å². The quantitative estimate of drug-likeness (QED) is 0.897. The zero-order valence-electron chi connectivity index (χ0n) is 14.6. The summed E-state index contributed by atoms with van der Waals surface area (Å²) in [5, 5.41) is 0. The first-order valence-corrected chi connectivity index (χ1v) is 8.58. The van der Waals surface area contributed by atoms with E-state index in [-0.39, 0.29) is 17.9 Å². The van der Waals surface area contributed by atoms with Gasteiger partial charge in [-0.15, -0.1) is 0 Å². The number of carbonyl (C=O) groups is 1. The highest BCUT2D eigenvalue weighted by Gasteiger charge is 2.30. The maximum atomic E-state index is 14.1. The van der Waals surface area contributed by atoms with Crippen LogP contribution in [-0.2, 0) is 4.79 Å². The molecule has 134 valence electrons. The first-order valence-electron chi connectivity index (χ1n) is 8.58. The number of carbonyl (C=O) groups excluding carboxylic acids is 1. The van der Waals surface area contributed by atoms with E-state index < -0.39 is 17.7 Å². The Bertz CT molecular complexity index is 571. The van der Waals surface area contributed by atoms with Gasteiger partial charge in [-0.25, -0.2) is 8.78 Å². The minimum absolute atomic E-state index is 0.0225. The van der Waals surface area contributed by atoms with Crippen LogP contribution in [-0.4, -0.2) is 47.9 Å². The summed E-state index contributed by atoms with van der Waals surface area (Å²) < 4.78 is 27.2. The molecule has 1 heterocycles. The number of nitrogens with two attached hydrogens (primary N) is 1. The maximum absolute atomic E-state index is 14.1. The van der Waals surface area contributed by atoms with Gasteiger partial charge in [-0.05, 0) is 18.4 Å². The Labute approximate surface area is 142 Å². The Balaban J connectivity index is 2.03. The number of hydrogen-bond acceptors (Lipinski definition) is 3. The monoisotopic (exact) mass is 339 g/mol. The molecule has 2 rings (SSSR count). The molecule has 0 aromatic heterocycles. The van der Waals surface area contributed by atoms with Crippen LogP contribution in [0.15, 0.2) is 18.2 Å². The summed E-state index contributed by atoms with van der Waals surface area (Å²) >= 11 is 0. The van der Waals surface area contributed by atoms with Crippen molar-refractivity contribution in [1.82, 2.24) is 9.80 Å². The average molecular weight is 339 g/mol. The van der Waals surface area contributed by atoms with Crippen LogP contribution in [0.3, 0.4) is 0 Å². The summed E-state index contributed by atoms with van der Waals surface area (Å²) in [6.07, 6.45) is 0.724. The van der Waals surface area contributed by atoms with Gasteiger partial charge in [0.2, 0.25) is 5.91 Å². The Morgan fingerprint density at radius 1 is 1.21 bits per heavy atom. The van der Waals surface area contributed by atoms with E-state index >= 15 is 0 Å². The largest absolute Gasteiger partial charge is 0.339 e. The molecule has 0 aliphatic carbocycles. The van der Waals surface area contributed by atoms with Crippen LogP contribution in [0, 0.1) is 17.6 Å². The van der Waals surface area contributed by atoms with Gasteiger partial charge in [0, 0.05) is 43.9 Å². The van der Waals surface area contributed by atoms with E-state index in [0.717, 1.165) is 12.5 Å². The van der Waals surface area contributed by atoms with Gasteiger partial charge in [0.05, 0.1) is 6.04 Å². The molecule has 1 amide bonds. The molecular formula is C18H27F2N3O. The summed E-state index contributed by atoms with van der Waals surface area (Å²) in [7, 11) is 0. The second kappa shape index (κ2) is 8.03. The fourth-order valence-corrected chi connectivity index (χ4v) is 3.20. The van der Waals surface area contributed by atoms with Crippen molar-refractivity contribution in [2.24, 2.45) is 11.7 Å². The number of rotatable bonds is 5. The van der Waals surface area contributed by atoms with Gasteiger partial charge in [0.25, 0.3) is 0 Å². The smallest absolute Gasteiger partial charge is 0.239 e. The third-order valence-electron chi connectivity index (χ3n) is 4.78. The second-order valence-corrected chi connectivity index (χ2v) is 6.72. The molecule has 1 aromatic carbocycles. The van der Waals surface area contributed by atoms with Gasteiger partial charge in [-0.2, -0.15) is 0 Å². The van der Waals surface area contributed by atoms with Crippen LogP contribution in [0.2, 0.25) is 0 Å². The van der Waals surface area contributed by atoms with Gasteiger partial charge in [-0.3, -0.25) is 9.69 Å². The lowest BCUT2D eigenvalue weighted by Crippen LogP contribution is -2.54. The van der Waals surface area contributed by atoms with E-state index in [2.05, 4.69) is 4.90 Å². The molecule has 2 N–H and O–H groups in total. The molecule has 1 saturated heterocycles. The summed E-state index contributed by atoms with van der Waals surface area (Å²) in [4.78, 5) is 16.3. The number of nitrogens with zero attached hydrogens (tertiary/aromatic N) is 2. The molecule has 1 aromatic rings. The first kappa shape index (κ1) is 18.8. The number of benzene rings is 1. The van der Waals surface area contributed by atoms with Crippen molar-refractivity contribution in [3.8, 4) is 0 Å². The van der Waals surface area contributed by atoms with Crippen LogP contribution in [0.1, 0.15) is 38.8 Å². The van der Waals surface area contributed by atoms with Gasteiger partial charge in [0.1, 0.15) is 11.6 Å². The maximum Gasteiger partial charge on any atom is 0.239 e. The number of piperazine rings is 1. The van der Waals surface area contributed by atoms with Crippen LogP contribution >= 0.6 is 0 Å². The van der Waals surface area contributed by atoms with Crippen molar-refractivity contribution in [1.29, 1.82) is 0 Å². The molecule has 1 fully saturated rings. The predicted molar refractivity (Wildman–Crippen MR) is 90.4 cm³/mol. The van der Waals surface area contributed by atoms with Crippen molar-refractivity contribution in [2.45, 2.75) is 39.3 Å². The Morgan fingerprint density at radius 2 is 1.83 bits per heavy atom. The lowest BCUT2D eigenvalue weighted by molar-refractivity contribution is -0.135. The highest BCUT2D eigenvalue weighted by atomic mass is 19.1. The molecule has 0 spiro atoms. The molecular weight excluding hydrogens is 312 g/mol. The minimum Gasteiger partial charge on any atom is -0.339 e. The van der Waals surface area contributed by atoms with E-state index in [0.29, 0.717) is 31.7 Å². The van der Waals surface area contributed by atoms with Gasteiger partial charge >= 0.3 is 0 Å². The fourth-order valence-electron chi connectivity index (χ4n) is 3.20. The highest BCUT2D eigenvalue weighted by molar-refractivity contribution is 5.82. The molecule has 24 heavy (non-hydrogen) atoms. The van der Waals surface area contributed by atoms with Gasteiger partial charge in [0.15, 0.2) is 0 Å². The van der Waals surface area contributed by atoms with E-state index in [1.165, 1.54) is 12.1 Å². The minimum atomic E-state index is -0.566.